The van der Waals surface area contributed by atoms with E-state index < -0.39 is 0 Å². The van der Waals surface area contributed by atoms with Crippen LogP contribution in [0.15, 0.2) is 0 Å². The molecule has 2 aliphatic heterocycles. The lowest BCUT2D eigenvalue weighted by molar-refractivity contribution is -0.145. The molecule has 0 atom stereocenters. The molecule has 4 nitrogen and oxygen atoms in total. The molecule has 2 rings (SSSR count). The van der Waals surface area contributed by atoms with Crippen LogP contribution in [0.5, 0.6) is 0 Å². The van der Waals surface area contributed by atoms with Gasteiger partial charge in [-0.3, -0.25) is 4.90 Å². The van der Waals surface area contributed by atoms with Gasteiger partial charge in [-0.1, -0.05) is 0 Å². The first-order valence-electron chi connectivity index (χ1n) is 4.72. The van der Waals surface area contributed by atoms with Crippen molar-refractivity contribution in [1.82, 2.24) is 4.90 Å². The Morgan fingerprint density at radius 1 is 1.38 bits per heavy atom. The zero-order chi connectivity index (χ0) is 9.15. The first kappa shape index (κ1) is 8.95. The summed E-state index contributed by atoms with van der Waals surface area (Å²) in [6, 6.07) is 2.15. The minimum absolute atomic E-state index is 0.324. The number of ether oxygens (including phenoxy) is 2. The summed E-state index contributed by atoms with van der Waals surface area (Å²) < 4.78 is 11.1. The van der Waals surface area contributed by atoms with Gasteiger partial charge in [0.05, 0.1) is 25.8 Å². The second-order valence-electron chi connectivity index (χ2n) is 3.54. The topological polar surface area (TPSA) is 45.5 Å². The van der Waals surface area contributed by atoms with Gasteiger partial charge in [-0.2, -0.15) is 5.26 Å². The fourth-order valence-electron chi connectivity index (χ4n) is 1.96. The summed E-state index contributed by atoms with van der Waals surface area (Å²) in [6.45, 7) is 4.08. The molecule has 4 heteroatoms. The predicted molar refractivity (Wildman–Crippen MR) is 45.9 cm³/mol. The molecule has 0 bridgehead atoms. The fourth-order valence-corrected chi connectivity index (χ4v) is 1.96. The molecule has 2 fully saturated rings. The van der Waals surface area contributed by atoms with Crippen molar-refractivity contribution in [3.8, 4) is 6.07 Å². The molecule has 2 heterocycles. The van der Waals surface area contributed by atoms with Gasteiger partial charge in [-0.15, -0.1) is 0 Å². The number of hydrogen-bond donors (Lipinski definition) is 0. The van der Waals surface area contributed by atoms with Crippen LogP contribution in [-0.2, 0) is 9.47 Å². The Morgan fingerprint density at radius 2 is 2.15 bits per heavy atom. The summed E-state index contributed by atoms with van der Waals surface area (Å²) in [5.74, 6) is -0.324. The smallest absolute Gasteiger partial charge is 0.182 e. The van der Waals surface area contributed by atoms with Gasteiger partial charge in [0.1, 0.15) is 0 Å². The van der Waals surface area contributed by atoms with E-state index in [1.807, 2.05) is 0 Å². The first-order chi connectivity index (χ1) is 6.35. The van der Waals surface area contributed by atoms with Crippen LogP contribution >= 0.6 is 0 Å². The second kappa shape index (κ2) is 3.62. The highest BCUT2D eigenvalue weighted by molar-refractivity contribution is 4.87. The number of nitrogens with zero attached hydrogens (tertiary/aromatic N) is 2. The van der Waals surface area contributed by atoms with Gasteiger partial charge >= 0.3 is 0 Å². The van der Waals surface area contributed by atoms with Gasteiger partial charge in [0.25, 0.3) is 0 Å². The zero-order valence-corrected chi connectivity index (χ0v) is 7.66. The minimum Gasteiger partial charge on any atom is -0.346 e. The van der Waals surface area contributed by atoms with Crippen LogP contribution in [0, 0.1) is 11.3 Å². The molecule has 0 amide bonds. The molecule has 0 radical (unpaired) electrons. The molecule has 1 spiro atoms. The van der Waals surface area contributed by atoms with Crippen molar-refractivity contribution in [3.63, 3.8) is 0 Å². The highest BCUT2D eigenvalue weighted by Crippen LogP contribution is 2.30. The van der Waals surface area contributed by atoms with Crippen molar-refractivity contribution in [1.29, 1.82) is 5.26 Å². The molecule has 0 N–H and O–H groups in total. The van der Waals surface area contributed by atoms with Crippen LogP contribution in [0.2, 0.25) is 0 Å². The van der Waals surface area contributed by atoms with E-state index in [-0.39, 0.29) is 5.79 Å². The van der Waals surface area contributed by atoms with Crippen molar-refractivity contribution in [2.75, 3.05) is 32.8 Å². The SMILES string of the molecule is N#CCCN1CCC2(C1)OCCO2. The molecule has 0 aromatic heterocycles. The van der Waals surface area contributed by atoms with Crippen molar-refractivity contribution in [3.05, 3.63) is 0 Å². The van der Waals surface area contributed by atoms with E-state index in [0.29, 0.717) is 19.6 Å². The summed E-state index contributed by atoms with van der Waals surface area (Å²) in [4.78, 5) is 2.23. The number of likely N-dealkylation sites (tertiary alicyclic amines) is 1. The molecule has 0 unspecified atom stereocenters. The molecule has 13 heavy (non-hydrogen) atoms. The van der Waals surface area contributed by atoms with Gasteiger partial charge in [-0.05, 0) is 0 Å². The number of nitriles is 1. The lowest BCUT2D eigenvalue weighted by atomic mass is 10.2. The zero-order valence-electron chi connectivity index (χ0n) is 7.66. The van der Waals surface area contributed by atoms with Gasteiger partial charge in [-0.25, -0.2) is 0 Å². The average molecular weight is 182 g/mol. The van der Waals surface area contributed by atoms with E-state index in [9.17, 15) is 0 Å². The Labute approximate surface area is 78.0 Å². The highest BCUT2D eigenvalue weighted by Gasteiger charge is 2.42. The van der Waals surface area contributed by atoms with Gasteiger partial charge in [0, 0.05) is 25.9 Å². The quantitative estimate of drug-likeness (QED) is 0.618. The Bertz CT molecular complexity index is 218. The number of rotatable bonds is 2. The number of hydrogen-bond acceptors (Lipinski definition) is 4. The maximum atomic E-state index is 8.44. The second-order valence-corrected chi connectivity index (χ2v) is 3.54. The molecule has 0 aromatic carbocycles. The molecule has 0 aliphatic carbocycles. The van der Waals surface area contributed by atoms with E-state index >= 15 is 0 Å². The molecular formula is C9H14N2O2. The van der Waals surface area contributed by atoms with Gasteiger partial charge in [0.2, 0.25) is 0 Å². The van der Waals surface area contributed by atoms with Crippen LogP contribution in [0.3, 0.4) is 0 Å². The Kier molecular flexibility index (Phi) is 2.49. The third-order valence-corrected chi connectivity index (χ3v) is 2.63. The molecule has 0 aromatic rings. The normalized spacial score (nSPS) is 26.7. The minimum atomic E-state index is -0.324. The van der Waals surface area contributed by atoms with E-state index in [2.05, 4.69) is 11.0 Å². The molecular weight excluding hydrogens is 168 g/mol. The molecule has 2 aliphatic rings. The maximum absolute atomic E-state index is 8.44. The largest absolute Gasteiger partial charge is 0.346 e. The third kappa shape index (κ3) is 1.83. The van der Waals surface area contributed by atoms with E-state index in [4.69, 9.17) is 14.7 Å². The van der Waals surface area contributed by atoms with E-state index in [1.165, 1.54) is 0 Å². The first-order valence-corrected chi connectivity index (χ1v) is 4.72. The van der Waals surface area contributed by atoms with E-state index in [1.54, 1.807) is 0 Å². The van der Waals surface area contributed by atoms with Crippen LogP contribution < -0.4 is 0 Å². The Balaban J connectivity index is 1.83. The summed E-state index contributed by atoms with van der Waals surface area (Å²) >= 11 is 0. The molecule has 72 valence electrons. The Hall–Kier alpha value is -0.630. The average Bonchev–Trinajstić information content (AvgIpc) is 2.74. The van der Waals surface area contributed by atoms with Crippen LogP contribution in [0.25, 0.3) is 0 Å². The van der Waals surface area contributed by atoms with Gasteiger partial charge < -0.3 is 9.47 Å². The van der Waals surface area contributed by atoms with Crippen molar-refractivity contribution >= 4 is 0 Å². The third-order valence-electron chi connectivity index (χ3n) is 2.63. The van der Waals surface area contributed by atoms with E-state index in [0.717, 1.165) is 26.1 Å². The standard InChI is InChI=1S/C9H14N2O2/c10-3-1-4-11-5-2-9(8-11)12-6-7-13-9/h1-2,4-8H2. The lowest BCUT2D eigenvalue weighted by Gasteiger charge is -2.21. The van der Waals surface area contributed by atoms with Crippen LogP contribution in [0.4, 0.5) is 0 Å². The monoisotopic (exact) mass is 182 g/mol. The summed E-state index contributed by atoms with van der Waals surface area (Å²) in [5.41, 5.74) is 0. The molecule has 2 saturated heterocycles. The van der Waals surface area contributed by atoms with Crippen LogP contribution in [0.1, 0.15) is 12.8 Å². The predicted octanol–water partition coefficient (Wildman–Crippen LogP) is 0.349. The molecule has 0 saturated carbocycles. The summed E-state index contributed by atoms with van der Waals surface area (Å²) in [6.07, 6.45) is 1.54. The van der Waals surface area contributed by atoms with Crippen molar-refractivity contribution in [2.45, 2.75) is 18.6 Å². The summed E-state index contributed by atoms with van der Waals surface area (Å²) in [5, 5.41) is 8.44. The summed E-state index contributed by atoms with van der Waals surface area (Å²) in [7, 11) is 0. The van der Waals surface area contributed by atoms with Crippen molar-refractivity contribution in [2.24, 2.45) is 0 Å². The van der Waals surface area contributed by atoms with Crippen LogP contribution in [-0.4, -0.2) is 43.5 Å². The van der Waals surface area contributed by atoms with Crippen molar-refractivity contribution < 1.29 is 9.47 Å². The Morgan fingerprint density at radius 3 is 2.85 bits per heavy atom. The lowest BCUT2D eigenvalue weighted by Crippen LogP contribution is -2.34. The fraction of sp³-hybridized carbons (Fsp3) is 0.889. The maximum Gasteiger partial charge on any atom is 0.182 e. The van der Waals surface area contributed by atoms with Gasteiger partial charge in [0.15, 0.2) is 5.79 Å². The highest BCUT2D eigenvalue weighted by atomic mass is 16.7.